The van der Waals surface area contributed by atoms with Gasteiger partial charge in [-0.2, -0.15) is 0 Å². The molecule has 2 unspecified atom stereocenters. The third-order valence-electron chi connectivity index (χ3n) is 7.57. The third-order valence-corrected chi connectivity index (χ3v) is 16.4. The monoisotopic (exact) mass is 418 g/mol. The van der Waals surface area contributed by atoms with Crippen molar-refractivity contribution >= 4 is 29.4 Å². The van der Waals surface area contributed by atoms with Gasteiger partial charge in [0.05, 0.1) is 0 Å². The molecule has 0 nitrogen and oxygen atoms in total. The topological polar surface area (TPSA) is 0 Å². The van der Waals surface area contributed by atoms with E-state index in [-0.39, 0.29) is 7.92 Å². The van der Waals surface area contributed by atoms with Crippen LogP contribution in [0.4, 0.5) is 0 Å². The minimum absolute atomic E-state index is 0.0191. The molecule has 2 fully saturated rings. The van der Waals surface area contributed by atoms with E-state index in [4.69, 9.17) is 0 Å². The van der Waals surface area contributed by atoms with Crippen molar-refractivity contribution in [2.75, 3.05) is 12.3 Å². The van der Waals surface area contributed by atoms with E-state index >= 15 is 0 Å². The van der Waals surface area contributed by atoms with Crippen molar-refractivity contribution in [1.29, 1.82) is 0 Å². The Kier molecular flexibility index (Phi) is 7.13. The molecule has 0 heterocycles. The van der Waals surface area contributed by atoms with Crippen molar-refractivity contribution in [3.63, 3.8) is 0 Å². The minimum atomic E-state index is -1.03. The lowest BCUT2D eigenvalue weighted by Crippen LogP contribution is -2.34. The Morgan fingerprint density at radius 3 is 1.56 bits per heavy atom. The molecule has 2 saturated carbocycles. The fourth-order valence-corrected chi connectivity index (χ4v) is 15.4. The summed E-state index contributed by atoms with van der Waals surface area (Å²) in [6.45, 7) is 15.7. The molecule has 27 heavy (non-hydrogen) atoms. The molecule has 0 radical (unpaired) electrons. The van der Waals surface area contributed by atoms with E-state index < -0.39 is 16.1 Å². The van der Waals surface area contributed by atoms with Gasteiger partial charge in [-0.05, 0) is 40.5 Å². The Bertz CT molecular complexity index is 553. The molecule has 0 amide bonds. The summed E-state index contributed by atoms with van der Waals surface area (Å²) < 4.78 is 0. The zero-order chi connectivity index (χ0) is 19.7. The molecule has 2 aliphatic carbocycles. The van der Waals surface area contributed by atoms with Crippen LogP contribution in [0.2, 0.25) is 50.4 Å². The molecule has 0 spiro atoms. The first-order valence-corrected chi connectivity index (χ1v) is 20.3. The lowest BCUT2D eigenvalue weighted by atomic mass is 10.1. The molecule has 0 N–H and O–H groups in total. The van der Waals surface area contributed by atoms with Crippen molar-refractivity contribution < 1.29 is 0 Å². The predicted octanol–water partition coefficient (Wildman–Crippen LogP) is 7.81. The molecular weight excluding hydrogens is 375 g/mol. The quantitative estimate of drug-likeness (QED) is 0.313. The average molecular weight is 419 g/mol. The van der Waals surface area contributed by atoms with E-state index in [1.165, 1.54) is 50.8 Å². The smallest absolute Gasteiger partial charge is 0.0476 e. The van der Waals surface area contributed by atoms with Gasteiger partial charge in [-0.3, -0.25) is 0 Å². The van der Waals surface area contributed by atoms with Gasteiger partial charge < -0.3 is 0 Å². The lowest BCUT2D eigenvalue weighted by Gasteiger charge is -2.36. The summed E-state index contributed by atoms with van der Waals surface area (Å²) in [5, 5.41) is 1.70. The van der Waals surface area contributed by atoms with Crippen LogP contribution < -0.4 is 5.30 Å². The Labute approximate surface area is 172 Å². The average Bonchev–Trinajstić information content (AvgIpc) is 3.23. The van der Waals surface area contributed by atoms with Gasteiger partial charge in [-0.1, -0.05) is 116 Å². The standard InChI is InChI=1S/C24H43PSi2/c1-26(2,3)23-16-10-12-20(23)18-25(22-14-8-7-9-15-22)19-21-13-11-17-24(21)27(4,5)6/h7-9,14-15,20-21,23-24H,10-13,16-19H2,1-6H3/t20?,21?,23-,24-,25?/m0/s1. The molecule has 3 heteroatoms. The Morgan fingerprint density at radius 1 is 0.704 bits per heavy atom. The highest BCUT2D eigenvalue weighted by molar-refractivity contribution is 7.65. The summed E-state index contributed by atoms with van der Waals surface area (Å²) in [5.74, 6) is 2.05. The van der Waals surface area contributed by atoms with E-state index in [9.17, 15) is 0 Å². The number of hydrogen-bond donors (Lipinski definition) is 0. The molecule has 0 aromatic heterocycles. The summed E-state index contributed by atoms with van der Waals surface area (Å²) in [5.41, 5.74) is 2.14. The van der Waals surface area contributed by atoms with Gasteiger partial charge >= 0.3 is 0 Å². The maximum Gasteiger partial charge on any atom is 0.0476 e. The molecule has 0 saturated heterocycles. The number of hydrogen-bond acceptors (Lipinski definition) is 0. The summed E-state index contributed by atoms with van der Waals surface area (Å²) >= 11 is 0. The maximum absolute atomic E-state index is 2.62. The highest BCUT2D eigenvalue weighted by Gasteiger charge is 2.41. The zero-order valence-corrected chi connectivity index (χ0v) is 21.7. The van der Waals surface area contributed by atoms with Crippen LogP contribution in [0.5, 0.6) is 0 Å². The van der Waals surface area contributed by atoms with Gasteiger partial charge in [0.15, 0.2) is 0 Å². The van der Waals surface area contributed by atoms with Crippen molar-refractivity contribution in [2.24, 2.45) is 11.8 Å². The van der Waals surface area contributed by atoms with Crippen LogP contribution in [0.1, 0.15) is 38.5 Å². The Balaban J connectivity index is 1.78. The van der Waals surface area contributed by atoms with Crippen LogP contribution in [0, 0.1) is 11.8 Å². The van der Waals surface area contributed by atoms with Crippen molar-refractivity contribution in [3.05, 3.63) is 30.3 Å². The van der Waals surface area contributed by atoms with Gasteiger partial charge in [-0.15, -0.1) is 0 Å². The molecule has 0 bridgehead atoms. The van der Waals surface area contributed by atoms with E-state index in [0.717, 1.165) is 22.9 Å². The second-order valence-corrected chi connectivity index (χ2v) is 24.8. The van der Waals surface area contributed by atoms with Crippen molar-refractivity contribution in [1.82, 2.24) is 0 Å². The van der Waals surface area contributed by atoms with Crippen LogP contribution in [-0.4, -0.2) is 28.5 Å². The Hall–Kier alpha value is 0.0838. The van der Waals surface area contributed by atoms with E-state index in [2.05, 4.69) is 69.6 Å². The second-order valence-electron chi connectivity index (χ2n) is 11.6. The van der Waals surface area contributed by atoms with Gasteiger partial charge in [-0.25, -0.2) is 0 Å². The fourth-order valence-electron chi connectivity index (χ4n) is 6.28. The molecule has 4 atom stereocenters. The Morgan fingerprint density at radius 2 is 1.15 bits per heavy atom. The van der Waals surface area contributed by atoms with E-state index in [0.29, 0.717) is 0 Å². The predicted molar refractivity (Wildman–Crippen MR) is 132 cm³/mol. The van der Waals surface area contributed by atoms with Crippen molar-refractivity contribution in [2.45, 2.75) is 88.9 Å². The van der Waals surface area contributed by atoms with Gasteiger partial charge in [0.1, 0.15) is 0 Å². The summed E-state index contributed by atoms with van der Waals surface area (Å²) in [6, 6.07) is 11.7. The van der Waals surface area contributed by atoms with Gasteiger partial charge in [0.2, 0.25) is 0 Å². The largest absolute Gasteiger partial charge is 0.0748 e. The third kappa shape index (κ3) is 5.58. The minimum Gasteiger partial charge on any atom is -0.0748 e. The van der Waals surface area contributed by atoms with Crippen LogP contribution in [0.15, 0.2) is 30.3 Å². The van der Waals surface area contributed by atoms with Gasteiger partial charge in [0, 0.05) is 16.1 Å². The normalized spacial score (nSPS) is 30.6. The molecule has 152 valence electrons. The highest BCUT2D eigenvalue weighted by Crippen LogP contribution is 2.54. The second kappa shape index (κ2) is 8.84. The molecule has 0 aliphatic heterocycles. The fraction of sp³-hybridized carbons (Fsp3) is 0.750. The SMILES string of the molecule is C[Si](C)(C)[C@H]1CCCC1CP(CC1CCC[C@@H]1[Si](C)(C)C)c1ccccc1. The molecule has 1 aromatic carbocycles. The summed E-state index contributed by atoms with van der Waals surface area (Å²) in [4.78, 5) is 0. The zero-order valence-electron chi connectivity index (χ0n) is 18.8. The van der Waals surface area contributed by atoms with Gasteiger partial charge in [0.25, 0.3) is 0 Å². The number of rotatable bonds is 7. The van der Waals surface area contributed by atoms with Crippen LogP contribution in [-0.2, 0) is 0 Å². The summed E-state index contributed by atoms with van der Waals surface area (Å²) in [7, 11) is -2.03. The van der Waals surface area contributed by atoms with Crippen LogP contribution in [0.25, 0.3) is 0 Å². The number of benzene rings is 1. The molecule has 2 aliphatic rings. The highest BCUT2D eigenvalue weighted by atomic mass is 31.1. The van der Waals surface area contributed by atoms with E-state index in [1.54, 1.807) is 5.30 Å². The van der Waals surface area contributed by atoms with E-state index in [1.807, 2.05) is 0 Å². The molecule has 3 rings (SSSR count). The first-order valence-electron chi connectivity index (χ1n) is 11.5. The van der Waals surface area contributed by atoms with Crippen molar-refractivity contribution in [3.8, 4) is 0 Å². The summed E-state index contributed by atoms with van der Waals surface area (Å²) in [6.07, 6.45) is 12.1. The van der Waals surface area contributed by atoms with Crippen LogP contribution >= 0.6 is 7.92 Å². The molecular formula is C24H43PSi2. The van der Waals surface area contributed by atoms with Crippen LogP contribution in [0.3, 0.4) is 0 Å². The first kappa shape index (κ1) is 21.8. The molecule has 1 aromatic rings. The lowest BCUT2D eigenvalue weighted by molar-refractivity contribution is 0.586. The first-order chi connectivity index (χ1) is 12.7. The maximum atomic E-state index is 2.62.